The van der Waals surface area contributed by atoms with E-state index >= 15 is 0 Å². The zero-order valence-electron chi connectivity index (χ0n) is 18.8. The molecule has 0 aliphatic carbocycles. The monoisotopic (exact) mass is 462 g/mol. The Morgan fingerprint density at radius 1 is 1.12 bits per heavy atom. The first-order chi connectivity index (χ1) is 15.6. The minimum absolute atomic E-state index is 0.286. The molecule has 0 aromatic heterocycles. The number of rotatable bonds is 5. The van der Waals surface area contributed by atoms with Crippen LogP contribution in [0.25, 0.3) is 0 Å². The van der Waals surface area contributed by atoms with Gasteiger partial charge in [0.15, 0.2) is 0 Å². The van der Waals surface area contributed by atoms with Gasteiger partial charge in [-0.05, 0) is 49.9 Å². The fourth-order valence-electron chi connectivity index (χ4n) is 4.73. The average molecular weight is 463 g/mol. The van der Waals surface area contributed by atoms with Gasteiger partial charge in [-0.15, -0.1) is 0 Å². The molecule has 5 nitrogen and oxygen atoms in total. The zero-order valence-corrected chi connectivity index (χ0v) is 18.8. The van der Waals surface area contributed by atoms with Gasteiger partial charge in [0.2, 0.25) is 0 Å². The fraction of sp³-hybridized carbons (Fsp3) is 0.480. The average Bonchev–Trinajstić information content (AvgIpc) is 2.78. The van der Waals surface area contributed by atoms with Crippen LogP contribution in [0.1, 0.15) is 54.5 Å². The Morgan fingerprint density at radius 3 is 2.52 bits per heavy atom. The van der Waals surface area contributed by atoms with E-state index in [9.17, 15) is 18.0 Å². The molecule has 33 heavy (non-hydrogen) atoms. The lowest BCUT2D eigenvalue weighted by molar-refractivity contribution is -0.137. The molecular formula is C25H29F3N2O3. The lowest BCUT2D eigenvalue weighted by Gasteiger charge is -2.49. The molecule has 2 saturated heterocycles. The molecule has 2 aliphatic rings. The Morgan fingerprint density at radius 2 is 1.88 bits per heavy atom. The summed E-state index contributed by atoms with van der Waals surface area (Å²) in [4.78, 5) is 11.8. The van der Waals surface area contributed by atoms with Crippen molar-refractivity contribution in [3.8, 4) is 0 Å². The summed E-state index contributed by atoms with van der Waals surface area (Å²) in [5.41, 5.74) is 0.539. The predicted octanol–water partition coefficient (Wildman–Crippen LogP) is 5.24. The van der Waals surface area contributed by atoms with E-state index in [1.54, 1.807) is 19.9 Å². The van der Waals surface area contributed by atoms with E-state index in [-0.39, 0.29) is 12.1 Å². The number of ether oxygens (including phenoxy) is 2. The Balaban J connectivity index is 1.53. The van der Waals surface area contributed by atoms with Crippen molar-refractivity contribution in [2.45, 2.75) is 56.5 Å². The largest absolute Gasteiger partial charge is 0.449 e. The second-order valence-electron chi connectivity index (χ2n) is 9.18. The lowest BCUT2D eigenvalue weighted by atomic mass is 9.75. The third-order valence-electron chi connectivity index (χ3n) is 6.78. The third-order valence-corrected chi connectivity index (χ3v) is 6.78. The van der Waals surface area contributed by atoms with Crippen molar-refractivity contribution in [2.24, 2.45) is 0 Å². The Kier molecular flexibility index (Phi) is 6.42. The Hall–Kier alpha value is -2.58. The maximum Gasteiger partial charge on any atom is 0.416 e. The molecule has 0 radical (unpaired) electrons. The number of alkyl halides is 3. The highest BCUT2D eigenvalue weighted by Gasteiger charge is 2.46. The number of alkyl carbamates (subject to hydrolysis) is 1. The first-order valence-electron chi connectivity index (χ1n) is 11.2. The van der Waals surface area contributed by atoms with Crippen LogP contribution in [-0.4, -0.2) is 31.4 Å². The molecule has 2 aromatic rings. The summed E-state index contributed by atoms with van der Waals surface area (Å²) < 4.78 is 51.1. The summed E-state index contributed by atoms with van der Waals surface area (Å²) in [7, 11) is 0. The van der Waals surface area contributed by atoms with Gasteiger partial charge in [0.25, 0.3) is 0 Å². The number of carbonyl (C=O) groups is 1. The van der Waals surface area contributed by atoms with Crippen LogP contribution in [0.15, 0.2) is 48.5 Å². The molecule has 2 aliphatic heterocycles. The van der Waals surface area contributed by atoms with Crippen LogP contribution in [-0.2, 0) is 21.2 Å². The van der Waals surface area contributed by atoms with Crippen molar-refractivity contribution < 1.29 is 27.4 Å². The van der Waals surface area contributed by atoms with E-state index in [2.05, 4.69) is 10.6 Å². The van der Waals surface area contributed by atoms with E-state index in [0.29, 0.717) is 30.7 Å². The van der Waals surface area contributed by atoms with E-state index in [4.69, 9.17) is 9.47 Å². The maximum absolute atomic E-state index is 13.3. The predicted molar refractivity (Wildman–Crippen MR) is 118 cm³/mol. The number of hydrogen-bond acceptors (Lipinski definition) is 4. The molecule has 178 valence electrons. The molecule has 1 amide bonds. The number of carbonyl (C=O) groups excluding carboxylic acids is 1. The van der Waals surface area contributed by atoms with Crippen LogP contribution in [0, 0.1) is 6.92 Å². The molecule has 1 unspecified atom stereocenters. The minimum atomic E-state index is -4.40. The Bertz CT molecular complexity index is 986. The fourth-order valence-corrected chi connectivity index (χ4v) is 4.73. The first kappa shape index (κ1) is 23.6. The molecule has 0 saturated carbocycles. The minimum Gasteiger partial charge on any atom is -0.449 e. The molecule has 3 atom stereocenters. The topological polar surface area (TPSA) is 59.6 Å². The highest BCUT2D eigenvalue weighted by atomic mass is 19.4. The van der Waals surface area contributed by atoms with Gasteiger partial charge >= 0.3 is 12.3 Å². The number of halogens is 3. The van der Waals surface area contributed by atoms with Gasteiger partial charge in [0.1, 0.15) is 0 Å². The summed E-state index contributed by atoms with van der Waals surface area (Å²) >= 11 is 0. The van der Waals surface area contributed by atoms with Crippen molar-refractivity contribution >= 4 is 6.09 Å². The third kappa shape index (κ3) is 5.17. The lowest BCUT2D eigenvalue weighted by Crippen LogP contribution is -2.66. The van der Waals surface area contributed by atoms with Crippen molar-refractivity contribution in [3.05, 3.63) is 70.8 Å². The summed E-state index contributed by atoms with van der Waals surface area (Å²) in [5, 5.41) is 6.58. The van der Waals surface area contributed by atoms with E-state index < -0.39 is 29.5 Å². The summed E-state index contributed by atoms with van der Waals surface area (Å²) in [6.07, 6.45) is -3.17. The number of piperidine rings is 1. The Labute approximate surface area is 191 Å². The van der Waals surface area contributed by atoms with Gasteiger partial charge in [-0.2, -0.15) is 13.2 Å². The molecule has 0 bridgehead atoms. The summed E-state index contributed by atoms with van der Waals surface area (Å²) in [6, 6.07) is 13.9. The molecular weight excluding hydrogens is 433 g/mol. The van der Waals surface area contributed by atoms with Crippen LogP contribution in [0.2, 0.25) is 0 Å². The molecule has 8 heteroatoms. The molecule has 4 rings (SSSR count). The highest BCUT2D eigenvalue weighted by Crippen LogP contribution is 2.38. The van der Waals surface area contributed by atoms with E-state index in [1.807, 2.05) is 30.3 Å². The molecule has 2 fully saturated rings. The smallest absolute Gasteiger partial charge is 0.416 e. The SMILES string of the molecule is Cc1cc([C@@H](C)OC[C@@]2(c3ccccc3)CCC3(CCOC(=O)N3)CN2)cc(C(F)(F)F)c1. The first-order valence-corrected chi connectivity index (χ1v) is 11.2. The second kappa shape index (κ2) is 8.99. The molecule has 2 N–H and O–H groups in total. The van der Waals surface area contributed by atoms with Gasteiger partial charge in [0.05, 0.1) is 36.0 Å². The number of cyclic esters (lactones) is 1. The van der Waals surface area contributed by atoms with E-state index in [1.165, 1.54) is 0 Å². The second-order valence-corrected chi connectivity index (χ2v) is 9.18. The molecule has 2 heterocycles. The number of nitrogens with one attached hydrogen (secondary N) is 2. The van der Waals surface area contributed by atoms with Crippen LogP contribution in [0.4, 0.5) is 18.0 Å². The zero-order chi connectivity index (χ0) is 23.7. The quantitative estimate of drug-likeness (QED) is 0.638. The normalized spacial score (nSPS) is 26.5. The number of benzene rings is 2. The number of hydrogen-bond donors (Lipinski definition) is 2. The van der Waals surface area contributed by atoms with Gasteiger partial charge < -0.3 is 20.1 Å². The molecule has 2 aromatic carbocycles. The van der Waals surface area contributed by atoms with Crippen molar-refractivity contribution in [1.29, 1.82) is 0 Å². The molecule has 1 spiro atoms. The van der Waals surface area contributed by atoms with Crippen LogP contribution >= 0.6 is 0 Å². The van der Waals surface area contributed by atoms with Gasteiger partial charge in [-0.1, -0.05) is 42.0 Å². The number of amides is 1. The maximum atomic E-state index is 13.3. The summed E-state index contributed by atoms with van der Waals surface area (Å²) in [6.45, 7) is 4.65. The number of aryl methyl sites for hydroxylation is 1. The summed E-state index contributed by atoms with van der Waals surface area (Å²) in [5.74, 6) is 0. The van der Waals surface area contributed by atoms with Crippen LogP contribution < -0.4 is 10.6 Å². The standard InChI is InChI=1S/C25H29F3N2O3/c1-17-12-19(14-21(13-17)25(26,27)28)18(2)33-16-24(20-6-4-3-5-7-20)9-8-23(15-29-24)10-11-32-22(31)30-23/h3-7,12-14,18,29H,8-11,15-16H2,1-2H3,(H,30,31)/t18-,23?,24-/m1/s1. The van der Waals surface area contributed by atoms with Crippen LogP contribution in [0.5, 0.6) is 0 Å². The van der Waals surface area contributed by atoms with Crippen molar-refractivity contribution in [1.82, 2.24) is 10.6 Å². The van der Waals surface area contributed by atoms with E-state index in [0.717, 1.165) is 30.5 Å². The van der Waals surface area contributed by atoms with Crippen molar-refractivity contribution in [3.63, 3.8) is 0 Å². The van der Waals surface area contributed by atoms with Gasteiger partial charge in [0, 0.05) is 13.0 Å². The van der Waals surface area contributed by atoms with Gasteiger partial charge in [-0.25, -0.2) is 4.79 Å². The van der Waals surface area contributed by atoms with Crippen LogP contribution in [0.3, 0.4) is 0 Å². The van der Waals surface area contributed by atoms with Crippen molar-refractivity contribution in [2.75, 3.05) is 19.8 Å². The van der Waals surface area contributed by atoms with Gasteiger partial charge in [-0.3, -0.25) is 0 Å². The highest BCUT2D eigenvalue weighted by molar-refractivity contribution is 5.69.